The Labute approximate surface area is 292 Å². The van der Waals surface area contributed by atoms with Gasteiger partial charge in [-0.1, -0.05) is 158 Å². The van der Waals surface area contributed by atoms with Crippen LogP contribution in [0.1, 0.15) is 0 Å². The van der Waals surface area contributed by atoms with Crippen LogP contribution in [0.15, 0.2) is 205 Å². The highest BCUT2D eigenvalue weighted by Crippen LogP contribution is 2.42. The molecule has 8 aromatic carbocycles. The number of furan rings is 1. The molecule has 0 aliphatic rings. The van der Waals surface area contributed by atoms with E-state index in [1.807, 2.05) is 18.2 Å². The standard InChI is InChI=1S/C48H33NO/c1-2-12-37(13-3-1)45-20-7-8-22-46(45)49(42-18-10-17-39(32-42)48-33-40-15-5-9-23-47(40)50-48)41-30-28-35(29-31-41)34-24-26-38(27-25-34)44-21-11-16-36-14-4-6-19-43(36)44/h1-33H. The van der Waals surface area contributed by atoms with Gasteiger partial charge in [-0.2, -0.15) is 0 Å². The minimum absolute atomic E-state index is 0.853. The molecule has 0 unspecified atom stereocenters. The van der Waals surface area contributed by atoms with Crippen LogP contribution in [0, 0.1) is 0 Å². The summed E-state index contributed by atoms with van der Waals surface area (Å²) in [4.78, 5) is 2.35. The lowest BCUT2D eigenvalue weighted by Crippen LogP contribution is -2.11. The summed E-state index contributed by atoms with van der Waals surface area (Å²) in [6, 6.07) is 71.1. The molecule has 0 aliphatic heterocycles. The van der Waals surface area contributed by atoms with Crippen LogP contribution in [0.4, 0.5) is 17.1 Å². The highest BCUT2D eigenvalue weighted by molar-refractivity contribution is 5.97. The van der Waals surface area contributed by atoms with Gasteiger partial charge in [-0.05, 0) is 81.1 Å². The summed E-state index contributed by atoms with van der Waals surface area (Å²) in [7, 11) is 0. The number of para-hydroxylation sites is 2. The first-order chi connectivity index (χ1) is 24.8. The molecule has 50 heavy (non-hydrogen) atoms. The van der Waals surface area contributed by atoms with Crippen molar-refractivity contribution in [3.8, 4) is 44.7 Å². The maximum atomic E-state index is 6.30. The zero-order valence-corrected chi connectivity index (χ0v) is 27.4. The van der Waals surface area contributed by atoms with E-state index < -0.39 is 0 Å². The normalized spacial score (nSPS) is 11.2. The van der Waals surface area contributed by atoms with Gasteiger partial charge in [0, 0.05) is 27.9 Å². The van der Waals surface area contributed by atoms with Gasteiger partial charge in [-0.25, -0.2) is 0 Å². The van der Waals surface area contributed by atoms with Gasteiger partial charge in [0.05, 0.1) is 5.69 Å². The summed E-state index contributed by atoms with van der Waals surface area (Å²) < 4.78 is 6.30. The Balaban J connectivity index is 1.11. The van der Waals surface area contributed by atoms with Gasteiger partial charge in [0.15, 0.2) is 0 Å². The number of hydrogen-bond acceptors (Lipinski definition) is 2. The van der Waals surface area contributed by atoms with Crippen molar-refractivity contribution >= 4 is 38.8 Å². The second-order valence-electron chi connectivity index (χ2n) is 12.6. The van der Waals surface area contributed by atoms with Crippen LogP contribution in [0.2, 0.25) is 0 Å². The maximum Gasteiger partial charge on any atom is 0.135 e. The molecule has 0 aliphatic carbocycles. The molecule has 1 aromatic heterocycles. The first kappa shape index (κ1) is 29.5. The highest BCUT2D eigenvalue weighted by Gasteiger charge is 2.18. The molecule has 0 amide bonds. The summed E-state index contributed by atoms with van der Waals surface area (Å²) in [5, 5.41) is 3.62. The predicted octanol–water partition coefficient (Wildman–Crippen LogP) is 13.7. The summed E-state index contributed by atoms with van der Waals surface area (Å²) >= 11 is 0. The van der Waals surface area contributed by atoms with Crippen LogP contribution < -0.4 is 4.90 Å². The molecule has 9 rings (SSSR count). The van der Waals surface area contributed by atoms with Crippen LogP contribution in [0.5, 0.6) is 0 Å². The van der Waals surface area contributed by atoms with Crippen molar-refractivity contribution in [2.75, 3.05) is 4.90 Å². The molecule has 2 nitrogen and oxygen atoms in total. The molecule has 9 aromatic rings. The zero-order valence-electron chi connectivity index (χ0n) is 27.4. The fourth-order valence-electron chi connectivity index (χ4n) is 7.00. The van der Waals surface area contributed by atoms with Crippen LogP contribution in [0.25, 0.3) is 66.4 Å². The third-order valence-corrected chi connectivity index (χ3v) is 9.49. The minimum atomic E-state index is 0.853. The largest absolute Gasteiger partial charge is 0.456 e. The smallest absolute Gasteiger partial charge is 0.135 e. The summed E-state index contributed by atoms with van der Waals surface area (Å²) in [5.74, 6) is 0.853. The van der Waals surface area contributed by atoms with Crippen molar-refractivity contribution in [3.05, 3.63) is 200 Å². The minimum Gasteiger partial charge on any atom is -0.456 e. The lowest BCUT2D eigenvalue weighted by molar-refractivity contribution is 0.631. The maximum absolute atomic E-state index is 6.30. The van der Waals surface area contributed by atoms with Crippen molar-refractivity contribution in [2.24, 2.45) is 0 Å². The van der Waals surface area contributed by atoms with Gasteiger partial charge >= 0.3 is 0 Å². The van der Waals surface area contributed by atoms with Crippen molar-refractivity contribution in [1.82, 2.24) is 0 Å². The molecule has 0 N–H and O–H groups in total. The van der Waals surface area contributed by atoms with Crippen LogP contribution >= 0.6 is 0 Å². The van der Waals surface area contributed by atoms with E-state index in [9.17, 15) is 0 Å². The van der Waals surface area contributed by atoms with Gasteiger partial charge in [0.1, 0.15) is 11.3 Å². The Morgan fingerprint density at radius 2 is 0.920 bits per heavy atom. The number of rotatable bonds is 7. The van der Waals surface area contributed by atoms with E-state index in [2.05, 4.69) is 187 Å². The molecule has 0 fully saturated rings. The monoisotopic (exact) mass is 639 g/mol. The molecule has 0 atom stereocenters. The van der Waals surface area contributed by atoms with Gasteiger partial charge in [0.2, 0.25) is 0 Å². The number of fused-ring (bicyclic) bond motifs is 2. The van der Waals surface area contributed by atoms with Gasteiger partial charge in [0.25, 0.3) is 0 Å². The third-order valence-electron chi connectivity index (χ3n) is 9.49. The first-order valence-electron chi connectivity index (χ1n) is 17.0. The predicted molar refractivity (Wildman–Crippen MR) is 210 cm³/mol. The second-order valence-corrected chi connectivity index (χ2v) is 12.6. The van der Waals surface area contributed by atoms with Gasteiger partial charge in [-0.15, -0.1) is 0 Å². The van der Waals surface area contributed by atoms with Crippen LogP contribution in [0.3, 0.4) is 0 Å². The summed E-state index contributed by atoms with van der Waals surface area (Å²) in [6.07, 6.45) is 0. The second kappa shape index (κ2) is 12.8. The SMILES string of the molecule is c1ccc(-c2ccccc2N(c2ccc(-c3ccc(-c4cccc5ccccc45)cc3)cc2)c2cccc(-c3cc4ccccc4o3)c2)cc1. The summed E-state index contributed by atoms with van der Waals surface area (Å²) in [5.41, 5.74) is 12.3. The number of nitrogens with zero attached hydrogens (tertiary/aromatic N) is 1. The summed E-state index contributed by atoms with van der Waals surface area (Å²) in [6.45, 7) is 0. The van der Waals surface area contributed by atoms with Gasteiger partial charge < -0.3 is 9.32 Å². The molecule has 0 saturated heterocycles. The third kappa shape index (κ3) is 5.53. The van der Waals surface area contributed by atoms with E-state index in [4.69, 9.17) is 4.42 Å². The van der Waals surface area contributed by atoms with E-state index in [1.165, 1.54) is 38.6 Å². The molecule has 0 saturated carbocycles. The highest BCUT2D eigenvalue weighted by atomic mass is 16.3. The molecular formula is C48H33NO. The number of benzene rings is 8. The fraction of sp³-hybridized carbons (Fsp3) is 0. The van der Waals surface area contributed by atoms with E-state index in [0.29, 0.717) is 0 Å². The van der Waals surface area contributed by atoms with Crippen LogP contribution in [-0.4, -0.2) is 0 Å². The van der Waals surface area contributed by atoms with Crippen molar-refractivity contribution in [1.29, 1.82) is 0 Å². The van der Waals surface area contributed by atoms with Crippen molar-refractivity contribution in [2.45, 2.75) is 0 Å². The molecule has 0 radical (unpaired) electrons. The lowest BCUT2D eigenvalue weighted by atomic mass is 9.96. The molecule has 2 heteroatoms. The average Bonchev–Trinajstić information content (AvgIpc) is 3.64. The van der Waals surface area contributed by atoms with E-state index in [1.54, 1.807) is 0 Å². The van der Waals surface area contributed by atoms with Crippen molar-refractivity contribution in [3.63, 3.8) is 0 Å². The average molecular weight is 640 g/mol. The fourth-order valence-corrected chi connectivity index (χ4v) is 7.00. The van der Waals surface area contributed by atoms with Crippen molar-refractivity contribution < 1.29 is 4.42 Å². The number of anilines is 3. The Bertz CT molecular complexity index is 2540. The Kier molecular flexibility index (Phi) is 7.53. The number of hydrogen-bond donors (Lipinski definition) is 0. The first-order valence-corrected chi connectivity index (χ1v) is 17.0. The molecule has 0 spiro atoms. The Morgan fingerprint density at radius 3 is 1.74 bits per heavy atom. The molecule has 236 valence electrons. The van der Waals surface area contributed by atoms with E-state index in [-0.39, 0.29) is 0 Å². The molecule has 1 heterocycles. The van der Waals surface area contributed by atoms with E-state index in [0.717, 1.165) is 44.9 Å². The van der Waals surface area contributed by atoms with Gasteiger partial charge in [-0.3, -0.25) is 0 Å². The topological polar surface area (TPSA) is 16.4 Å². The Morgan fingerprint density at radius 1 is 0.340 bits per heavy atom. The Hall–Kier alpha value is -6.64. The zero-order chi connectivity index (χ0) is 33.3. The molecular weight excluding hydrogens is 607 g/mol. The lowest BCUT2D eigenvalue weighted by Gasteiger charge is -2.28. The van der Waals surface area contributed by atoms with E-state index >= 15 is 0 Å². The van der Waals surface area contributed by atoms with Crippen LogP contribution in [-0.2, 0) is 0 Å². The quantitative estimate of drug-likeness (QED) is 0.173. The molecule has 0 bridgehead atoms.